The third kappa shape index (κ3) is 5.38. The SMILES string of the molecule is C=CCOC(=O)[C@@H](NC(=O)OCC)C(C)C. The first kappa shape index (κ1) is 14.5. The zero-order valence-electron chi connectivity index (χ0n) is 9.99. The van der Waals surface area contributed by atoms with Gasteiger partial charge in [-0.3, -0.25) is 0 Å². The maximum Gasteiger partial charge on any atom is 0.407 e. The third-order valence-corrected chi connectivity index (χ3v) is 1.81. The smallest absolute Gasteiger partial charge is 0.407 e. The lowest BCUT2D eigenvalue weighted by atomic mass is 10.1. The Balaban J connectivity index is 4.31. The molecule has 1 N–H and O–H groups in total. The Hall–Kier alpha value is -1.52. The van der Waals surface area contributed by atoms with Crippen LogP contribution in [0.4, 0.5) is 4.79 Å². The number of alkyl carbamates (subject to hydrolysis) is 1. The van der Waals surface area contributed by atoms with Crippen LogP contribution in [0.25, 0.3) is 0 Å². The molecule has 5 nitrogen and oxygen atoms in total. The number of hydrogen-bond acceptors (Lipinski definition) is 4. The van der Waals surface area contributed by atoms with Gasteiger partial charge in [-0.05, 0) is 12.8 Å². The molecule has 0 unspecified atom stereocenters. The van der Waals surface area contributed by atoms with E-state index in [2.05, 4.69) is 11.9 Å². The zero-order valence-corrected chi connectivity index (χ0v) is 9.99. The highest BCUT2D eigenvalue weighted by molar-refractivity contribution is 5.81. The molecule has 0 saturated carbocycles. The van der Waals surface area contributed by atoms with Crippen LogP contribution in [-0.2, 0) is 14.3 Å². The summed E-state index contributed by atoms with van der Waals surface area (Å²) >= 11 is 0. The first-order valence-corrected chi connectivity index (χ1v) is 5.23. The van der Waals surface area contributed by atoms with Gasteiger partial charge in [0.25, 0.3) is 0 Å². The maximum atomic E-state index is 11.5. The Morgan fingerprint density at radius 1 is 1.38 bits per heavy atom. The Morgan fingerprint density at radius 3 is 2.44 bits per heavy atom. The van der Waals surface area contributed by atoms with Gasteiger partial charge >= 0.3 is 12.1 Å². The summed E-state index contributed by atoms with van der Waals surface area (Å²) in [6.07, 6.45) is 0.858. The quantitative estimate of drug-likeness (QED) is 0.553. The summed E-state index contributed by atoms with van der Waals surface area (Å²) in [4.78, 5) is 22.7. The molecule has 5 heteroatoms. The lowest BCUT2D eigenvalue weighted by Crippen LogP contribution is -2.45. The topological polar surface area (TPSA) is 64.6 Å². The third-order valence-electron chi connectivity index (χ3n) is 1.81. The van der Waals surface area contributed by atoms with Crippen LogP contribution in [0.15, 0.2) is 12.7 Å². The molecule has 0 radical (unpaired) electrons. The highest BCUT2D eigenvalue weighted by atomic mass is 16.6. The van der Waals surface area contributed by atoms with Crippen LogP contribution in [0, 0.1) is 5.92 Å². The summed E-state index contributed by atoms with van der Waals surface area (Å²) in [6, 6.07) is -0.695. The number of carbonyl (C=O) groups is 2. The lowest BCUT2D eigenvalue weighted by Gasteiger charge is -2.19. The molecule has 0 aromatic heterocycles. The van der Waals surface area contributed by atoms with E-state index in [0.717, 1.165) is 0 Å². The van der Waals surface area contributed by atoms with Crippen LogP contribution in [0.2, 0.25) is 0 Å². The van der Waals surface area contributed by atoms with E-state index >= 15 is 0 Å². The van der Waals surface area contributed by atoms with Gasteiger partial charge in [0.05, 0.1) is 6.61 Å². The molecule has 0 aliphatic rings. The summed E-state index contributed by atoms with van der Waals surface area (Å²) in [5.41, 5.74) is 0. The summed E-state index contributed by atoms with van der Waals surface area (Å²) in [5, 5.41) is 2.46. The second-order valence-corrected chi connectivity index (χ2v) is 3.51. The molecule has 92 valence electrons. The lowest BCUT2D eigenvalue weighted by molar-refractivity contribution is -0.145. The van der Waals surface area contributed by atoms with Gasteiger partial charge in [-0.15, -0.1) is 0 Å². The number of amides is 1. The molecule has 0 rings (SSSR count). The normalized spacial score (nSPS) is 11.8. The van der Waals surface area contributed by atoms with E-state index in [0.29, 0.717) is 0 Å². The molecular weight excluding hydrogens is 210 g/mol. The predicted octanol–water partition coefficient (Wildman–Crippen LogP) is 1.49. The molecule has 1 amide bonds. The summed E-state index contributed by atoms with van der Waals surface area (Å²) in [5.74, 6) is -0.551. The Labute approximate surface area is 95.8 Å². The van der Waals surface area contributed by atoms with Gasteiger partial charge in [-0.2, -0.15) is 0 Å². The summed E-state index contributed by atoms with van der Waals surface area (Å²) in [7, 11) is 0. The molecule has 0 aliphatic heterocycles. The van der Waals surface area contributed by atoms with Crippen molar-refractivity contribution < 1.29 is 19.1 Å². The molecule has 16 heavy (non-hydrogen) atoms. The number of hydrogen-bond donors (Lipinski definition) is 1. The number of ether oxygens (including phenoxy) is 2. The van der Waals surface area contributed by atoms with E-state index in [4.69, 9.17) is 9.47 Å². The van der Waals surface area contributed by atoms with Crippen molar-refractivity contribution in [3.8, 4) is 0 Å². The van der Waals surface area contributed by atoms with Gasteiger partial charge in [0.15, 0.2) is 0 Å². The average Bonchev–Trinajstić information content (AvgIpc) is 2.22. The van der Waals surface area contributed by atoms with Gasteiger partial charge in [-0.25, -0.2) is 9.59 Å². The largest absolute Gasteiger partial charge is 0.460 e. The molecule has 1 atom stereocenters. The van der Waals surface area contributed by atoms with Crippen LogP contribution in [-0.4, -0.2) is 31.3 Å². The van der Waals surface area contributed by atoms with E-state index in [-0.39, 0.29) is 19.1 Å². The van der Waals surface area contributed by atoms with Crippen molar-refractivity contribution in [2.24, 2.45) is 5.92 Å². The van der Waals surface area contributed by atoms with Gasteiger partial charge in [0, 0.05) is 0 Å². The van der Waals surface area contributed by atoms with E-state index in [1.807, 2.05) is 13.8 Å². The maximum absolute atomic E-state index is 11.5. The predicted molar refractivity (Wildman–Crippen MR) is 59.9 cm³/mol. The van der Waals surface area contributed by atoms with E-state index in [1.165, 1.54) is 6.08 Å². The van der Waals surface area contributed by atoms with Crippen molar-refractivity contribution in [2.75, 3.05) is 13.2 Å². The summed E-state index contributed by atoms with van der Waals surface area (Å²) in [6.45, 7) is 9.15. The number of carbonyl (C=O) groups excluding carboxylic acids is 2. The van der Waals surface area contributed by atoms with Gasteiger partial charge in [0.1, 0.15) is 12.6 Å². The first-order chi connectivity index (χ1) is 7.52. The Kier molecular flexibility index (Phi) is 7.00. The fraction of sp³-hybridized carbons (Fsp3) is 0.636. The Morgan fingerprint density at radius 2 is 2.00 bits per heavy atom. The van der Waals surface area contributed by atoms with Gasteiger partial charge in [0.2, 0.25) is 0 Å². The fourth-order valence-corrected chi connectivity index (χ4v) is 1.03. The molecular formula is C11H19NO4. The molecule has 0 spiro atoms. The number of rotatable bonds is 6. The van der Waals surface area contributed by atoms with E-state index < -0.39 is 18.1 Å². The molecule has 0 aromatic rings. The Bertz CT molecular complexity index is 250. The minimum Gasteiger partial charge on any atom is -0.460 e. The minimum absolute atomic E-state index is 0.0679. The molecule has 0 saturated heterocycles. The molecule has 0 aliphatic carbocycles. The number of nitrogens with one attached hydrogen (secondary N) is 1. The van der Waals surface area contributed by atoms with Gasteiger partial charge in [-0.1, -0.05) is 26.5 Å². The molecule has 0 bridgehead atoms. The van der Waals surface area contributed by atoms with Crippen LogP contribution < -0.4 is 5.32 Å². The fourth-order valence-electron chi connectivity index (χ4n) is 1.03. The minimum atomic E-state index is -0.695. The van der Waals surface area contributed by atoms with Crippen molar-refractivity contribution in [3.05, 3.63) is 12.7 Å². The van der Waals surface area contributed by atoms with Crippen molar-refractivity contribution in [1.82, 2.24) is 5.32 Å². The van der Waals surface area contributed by atoms with Crippen molar-refractivity contribution >= 4 is 12.1 Å². The molecule has 0 aromatic carbocycles. The van der Waals surface area contributed by atoms with E-state index in [1.54, 1.807) is 6.92 Å². The monoisotopic (exact) mass is 229 g/mol. The van der Waals surface area contributed by atoms with E-state index in [9.17, 15) is 9.59 Å². The highest BCUT2D eigenvalue weighted by Crippen LogP contribution is 2.04. The second kappa shape index (κ2) is 7.73. The zero-order chi connectivity index (χ0) is 12.6. The van der Waals surface area contributed by atoms with Crippen molar-refractivity contribution in [2.45, 2.75) is 26.8 Å². The summed E-state index contributed by atoms with van der Waals surface area (Å²) < 4.78 is 9.57. The van der Waals surface area contributed by atoms with Crippen LogP contribution in [0.1, 0.15) is 20.8 Å². The standard InChI is InChI=1S/C11H19NO4/c1-5-7-16-10(13)9(8(3)4)12-11(14)15-6-2/h5,8-9H,1,6-7H2,2-4H3,(H,12,14)/t9-/m0/s1. The van der Waals surface area contributed by atoms with Crippen LogP contribution in [0.5, 0.6) is 0 Å². The highest BCUT2D eigenvalue weighted by Gasteiger charge is 2.25. The van der Waals surface area contributed by atoms with Crippen molar-refractivity contribution in [3.63, 3.8) is 0 Å². The van der Waals surface area contributed by atoms with Crippen LogP contribution >= 0.6 is 0 Å². The van der Waals surface area contributed by atoms with Gasteiger partial charge < -0.3 is 14.8 Å². The molecule has 0 fully saturated rings. The first-order valence-electron chi connectivity index (χ1n) is 5.23. The second-order valence-electron chi connectivity index (χ2n) is 3.51. The van der Waals surface area contributed by atoms with Crippen LogP contribution in [0.3, 0.4) is 0 Å². The average molecular weight is 229 g/mol. The molecule has 0 heterocycles. The van der Waals surface area contributed by atoms with Crippen molar-refractivity contribution in [1.29, 1.82) is 0 Å². The number of esters is 1.